The molecular weight excluding hydrogens is 490 g/mol. The Balaban J connectivity index is 1.87. The number of nitrogens with zero attached hydrogens (tertiary/aromatic N) is 1. The molecule has 0 spiro atoms. The summed E-state index contributed by atoms with van der Waals surface area (Å²) in [5, 5.41) is 48.7. The highest BCUT2D eigenvalue weighted by Gasteiger charge is 2.62. The number of carbonyl (C=O) groups is 3. The van der Waals surface area contributed by atoms with E-state index in [9.17, 15) is 34.8 Å². The molecule has 0 heterocycles. The lowest BCUT2D eigenvalue weighted by Crippen LogP contribution is -2.66. The van der Waals surface area contributed by atoms with E-state index in [1.165, 1.54) is 4.90 Å². The smallest absolute Gasteiger partial charge is 0.255 e. The number of nitrogens with two attached hydrogens (primary N) is 1. The Morgan fingerprint density at radius 3 is 2.37 bits per heavy atom. The molecule has 0 saturated heterocycles. The van der Waals surface area contributed by atoms with E-state index >= 15 is 0 Å². The fraction of sp³-hybridized carbons (Fsp3) is 0.536. The number of likely N-dealkylation sites (N-methyl/N-ethyl adjacent to an activating group) is 1. The third-order valence-electron chi connectivity index (χ3n) is 8.04. The van der Waals surface area contributed by atoms with Crippen molar-refractivity contribution in [2.24, 2.45) is 23.0 Å². The van der Waals surface area contributed by atoms with Crippen LogP contribution in [0, 0.1) is 17.3 Å². The van der Waals surface area contributed by atoms with Gasteiger partial charge in [0.05, 0.1) is 17.7 Å². The van der Waals surface area contributed by atoms with E-state index in [4.69, 9.17) is 5.73 Å². The molecule has 4 rings (SSSR count). The lowest BCUT2D eigenvalue weighted by atomic mass is 9.56. The molecular formula is C28H37N3O7. The zero-order valence-electron chi connectivity index (χ0n) is 22.6. The number of amides is 1. The number of rotatable bonds is 5. The zero-order chi connectivity index (χ0) is 28.5. The molecule has 1 amide bonds. The number of nitrogens with one attached hydrogen (secondary N) is 1. The second-order valence-corrected chi connectivity index (χ2v) is 12.1. The van der Waals surface area contributed by atoms with Crippen LogP contribution >= 0.6 is 0 Å². The van der Waals surface area contributed by atoms with E-state index in [0.29, 0.717) is 24.2 Å². The molecule has 206 valence electrons. The summed E-state index contributed by atoms with van der Waals surface area (Å²) in [4.78, 5) is 40.6. The van der Waals surface area contributed by atoms with Crippen molar-refractivity contribution in [3.8, 4) is 5.75 Å². The molecule has 0 fully saturated rings. The molecule has 1 aromatic carbocycles. The van der Waals surface area contributed by atoms with Gasteiger partial charge in [-0.2, -0.15) is 0 Å². The molecule has 10 nitrogen and oxygen atoms in total. The Morgan fingerprint density at radius 1 is 1.18 bits per heavy atom. The normalized spacial score (nSPS) is 31.1. The van der Waals surface area contributed by atoms with Crippen LogP contribution in [0.1, 0.15) is 55.1 Å². The van der Waals surface area contributed by atoms with Crippen molar-refractivity contribution >= 4 is 17.5 Å². The molecule has 0 unspecified atom stereocenters. The first kappa shape index (κ1) is 28.0. The largest absolute Gasteiger partial charge is 0.508 e. The van der Waals surface area contributed by atoms with Crippen LogP contribution in [0.25, 0.3) is 0 Å². The molecule has 1 aromatic rings. The van der Waals surface area contributed by atoms with Crippen LogP contribution < -0.4 is 11.1 Å². The highest BCUT2D eigenvalue weighted by atomic mass is 16.3. The summed E-state index contributed by atoms with van der Waals surface area (Å²) in [6, 6.07) is 2.31. The summed E-state index contributed by atoms with van der Waals surface area (Å²) in [6.45, 7) is 9.03. The molecule has 0 saturated carbocycles. The summed E-state index contributed by atoms with van der Waals surface area (Å²) < 4.78 is 0. The molecule has 10 heteroatoms. The Hall–Kier alpha value is -3.05. The maximum Gasteiger partial charge on any atom is 0.255 e. The van der Waals surface area contributed by atoms with Gasteiger partial charge in [0.1, 0.15) is 22.7 Å². The summed E-state index contributed by atoms with van der Waals surface area (Å²) in [5.41, 5.74) is 3.34. The number of phenols is 1. The number of aliphatic hydroxyl groups is 3. The van der Waals surface area contributed by atoms with Crippen molar-refractivity contribution < 1.29 is 34.8 Å². The van der Waals surface area contributed by atoms with Crippen molar-refractivity contribution in [2.75, 3.05) is 20.6 Å². The third-order valence-corrected chi connectivity index (χ3v) is 8.04. The molecule has 7 N–H and O–H groups in total. The van der Waals surface area contributed by atoms with E-state index in [1.807, 2.05) is 0 Å². The van der Waals surface area contributed by atoms with Crippen LogP contribution in [0.4, 0.5) is 0 Å². The standard InChI is InChI=1S/C28H37N3O7/c1-12-14-8-7-13(10-30-11-27(2,3)4)21(32)17(14)22(33)15-9-28(38)19(23(34)16(12)15)20(31(5)6)24(35)18(25(28)36)26(29)37/h7-9,12,16,19-20,23,30,32,34,36,38H,10-11H2,1-6H3,(H2,29,37)/t12-,16+,19+,20-,23-,28+/m0/s1. The molecule has 0 bridgehead atoms. The number of aromatic hydroxyl groups is 1. The zero-order valence-corrected chi connectivity index (χ0v) is 22.6. The van der Waals surface area contributed by atoms with Gasteiger partial charge in [0.2, 0.25) is 0 Å². The first-order valence-corrected chi connectivity index (χ1v) is 12.7. The van der Waals surface area contributed by atoms with Gasteiger partial charge in [-0.25, -0.2) is 0 Å². The van der Waals surface area contributed by atoms with Crippen LogP contribution in [0.5, 0.6) is 5.75 Å². The topological polar surface area (TPSA) is 173 Å². The summed E-state index contributed by atoms with van der Waals surface area (Å²) in [5.74, 6) is -6.40. The summed E-state index contributed by atoms with van der Waals surface area (Å²) in [6.07, 6.45) is -0.322. The molecule has 6 atom stereocenters. The van der Waals surface area contributed by atoms with Gasteiger partial charge in [-0.1, -0.05) is 39.8 Å². The number of aliphatic hydroxyl groups excluding tert-OH is 2. The summed E-state index contributed by atoms with van der Waals surface area (Å²) >= 11 is 0. The molecule has 3 aliphatic carbocycles. The second kappa shape index (κ2) is 9.30. The highest BCUT2D eigenvalue weighted by molar-refractivity contribution is 6.22. The number of primary amides is 1. The Labute approximate surface area is 221 Å². The number of Topliss-reactive ketones (excluding diaryl/α,β-unsaturated/α-hetero) is 2. The van der Waals surface area contributed by atoms with Crippen LogP contribution in [-0.2, 0) is 16.1 Å². The van der Waals surface area contributed by atoms with Gasteiger partial charge in [0.25, 0.3) is 5.91 Å². The Morgan fingerprint density at radius 2 is 1.82 bits per heavy atom. The number of carbonyl (C=O) groups excluding carboxylic acids is 3. The summed E-state index contributed by atoms with van der Waals surface area (Å²) in [7, 11) is 3.10. The second-order valence-electron chi connectivity index (χ2n) is 12.1. The molecule has 0 aliphatic heterocycles. The van der Waals surface area contributed by atoms with Crippen molar-refractivity contribution in [3.05, 3.63) is 51.8 Å². The number of fused-ring (bicyclic) bond motifs is 3. The number of ketones is 2. The van der Waals surface area contributed by atoms with Gasteiger partial charge < -0.3 is 31.5 Å². The lowest BCUT2D eigenvalue weighted by Gasteiger charge is -2.52. The number of benzene rings is 1. The first-order valence-electron chi connectivity index (χ1n) is 12.7. The van der Waals surface area contributed by atoms with E-state index in [1.54, 1.807) is 33.2 Å². The van der Waals surface area contributed by atoms with Crippen LogP contribution in [0.3, 0.4) is 0 Å². The van der Waals surface area contributed by atoms with Crippen molar-refractivity contribution in [3.63, 3.8) is 0 Å². The van der Waals surface area contributed by atoms with Gasteiger partial charge in [0, 0.05) is 36.1 Å². The van der Waals surface area contributed by atoms with Crippen molar-refractivity contribution in [1.82, 2.24) is 10.2 Å². The molecule has 0 radical (unpaired) electrons. The Kier molecular flexibility index (Phi) is 6.85. The van der Waals surface area contributed by atoms with E-state index < -0.39 is 64.3 Å². The minimum atomic E-state index is -2.41. The van der Waals surface area contributed by atoms with Gasteiger partial charge in [-0.05, 0) is 37.1 Å². The minimum absolute atomic E-state index is 0.00595. The van der Waals surface area contributed by atoms with Gasteiger partial charge in [-0.3, -0.25) is 19.3 Å². The maximum absolute atomic E-state index is 13.8. The average molecular weight is 528 g/mol. The van der Waals surface area contributed by atoms with Gasteiger partial charge >= 0.3 is 0 Å². The average Bonchev–Trinajstić information content (AvgIpc) is 2.78. The SMILES string of the molecule is C[C@H]1c2ccc(CNCC(C)(C)C)c(O)c2C(=O)C2=C[C@]3(O)C(O)=C(C(N)=O)C(=O)[C@@H](N(C)C)[C@@H]3[C@@H](O)[C@@H]21. The molecule has 38 heavy (non-hydrogen) atoms. The van der Waals surface area contributed by atoms with E-state index in [0.717, 1.165) is 6.08 Å². The minimum Gasteiger partial charge on any atom is -0.508 e. The van der Waals surface area contributed by atoms with Crippen LogP contribution in [0.15, 0.2) is 35.1 Å². The van der Waals surface area contributed by atoms with Crippen LogP contribution in [-0.4, -0.2) is 81.2 Å². The van der Waals surface area contributed by atoms with E-state index in [2.05, 4.69) is 26.1 Å². The number of hydrogen-bond donors (Lipinski definition) is 6. The first-order chi connectivity index (χ1) is 17.5. The fourth-order valence-corrected chi connectivity index (χ4v) is 6.28. The predicted molar refractivity (Wildman–Crippen MR) is 139 cm³/mol. The van der Waals surface area contributed by atoms with Crippen molar-refractivity contribution in [1.29, 1.82) is 0 Å². The fourth-order valence-electron chi connectivity index (χ4n) is 6.28. The third kappa shape index (κ3) is 4.16. The quantitative estimate of drug-likeness (QED) is 0.304. The lowest BCUT2D eigenvalue weighted by molar-refractivity contribution is -0.143. The van der Waals surface area contributed by atoms with Gasteiger partial charge in [0.15, 0.2) is 11.6 Å². The van der Waals surface area contributed by atoms with Gasteiger partial charge in [-0.15, -0.1) is 0 Å². The molecule has 3 aliphatic rings. The monoisotopic (exact) mass is 527 g/mol. The number of hydrogen-bond acceptors (Lipinski definition) is 9. The predicted octanol–water partition coefficient (Wildman–Crippen LogP) is 0.902. The van der Waals surface area contributed by atoms with Crippen LogP contribution in [0.2, 0.25) is 0 Å². The number of phenolic OH excluding ortho intramolecular Hbond substituents is 1. The van der Waals surface area contributed by atoms with Crippen molar-refractivity contribution in [2.45, 2.75) is 57.9 Å². The highest BCUT2D eigenvalue weighted by Crippen LogP contribution is 2.54. The Bertz CT molecular complexity index is 1280. The van der Waals surface area contributed by atoms with E-state index in [-0.39, 0.29) is 22.3 Å². The molecule has 0 aromatic heterocycles. The maximum atomic E-state index is 13.8.